The summed E-state index contributed by atoms with van der Waals surface area (Å²) in [5.41, 5.74) is 0.945. The molecule has 1 aliphatic rings. The summed E-state index contributed by atoms with van der Waals surface area (Å²) in [5.74, 6) is 0.595. The van der Waals surface area contributed by atoms with Crippen molar-refractivity contribution in [3.05, 3.63) is 28.8 Å². The summed E-state index contributed by atoms with van der Waals surface area (Å²) >= 11 is 5.93. The molecule has 4 nitrogen and oxygen atoms in total. The van der Waals surface area contributed by atoms with Crippen molar-refractivity contribution in [2.24, 2.45) is 0 Å². The number of carboxylic acid groups (broad SMARTS) is 1. The Morgan fingerprint density at radius 3 is 3.00 bits per heavy atom. The van der Waals surface area contributed by atoms with Gasteiger partial charge >= 0.3 is 6.09 Å². The molecule has 1 amide bonds. The number of rotatable bonds is 1. The maximum atomic E-state index is 10.7. The van der Waals surface area contributed by atoms with E-state index in [1.807, 2.05) is 12.1 Å². The average Bonchev–Trinajstić information content (AvgIpc) is 2.61. The topological polar surface area (TPSA) is 49.8 Å². The summed E-state index contributed by atoms with van der Waals surface area (Å²) in [6.45, 7) is 0. The van der Waals surface area contributed by atoms with Gasteiger partial charge in [0.1, 0.15) is 5.75 Å². The lowest BCUT2D eigenvalue weighted by Crippen LogP contribution is -2.38. The lowest BCUT2D eigenvalue weighted by Gasteiger charge is -2.20. The molecule has 0 radical (unpaired) electrons. The molecule has 0 saturated carbocycles. The SMILES string of the molecule is CN(C(=O)O)C1Cc2cccc(Cl)c2O1. The molecule has 0 spiro atoms. The van der Waals surface area contributed by atoms with Gasteiger partial charge in [-0.2, -0.15) is 0 Å². The number of hydrogen-bond donors (Lipinski definition) is 1. The van der Waals surface area contributed by atoms with Crippen LogP contribution in [0.15, 0.2) is 18.2 Å². The molecule has 80 valence electrons. The average molecular weight is 228 g/mol. The fraction of sp³-hybridized carbons (Fsp3) is 0.300. The molecular weight excluding hydrogens is 218 g/mol. The molecule has 1 heterocycles. The van der Waals surface area contributed by atoms with Crippen LogP contribution in [-0.4, -0.2) is 29.4 Å². The van der Waals surface area contributed by atoms with Crippen LogP contribution in [0.2, 0.25) is 5.02 Å². The zero-order valence-electron chi connectivity index (χ0n) is 8.11. The van der Waals surface area contributed by atoms with Crippen LogP contribution in [-0.2, 0) is 6.42 Å². The molecule has 0 saturated heterocycles. The summed E-state index contributed by atoms with van der Waals surface area (Å²) in [5, 5.41) is 9.33. The lowest BCUT2D eigenvalue weighted by molar-refractivity contribution is 0.0608. The zero-order chi connectivity index (χ0) is 11.0. The molecule has 0 aromatic heterocycles. The van der Waals surface area contributed by atoms with E-state index in [-0.39, 0.29) is 0 Å². The lowest BCUT2D eigenvalue weighted by atomic mass is 10.1. The predicted molar refractivity (Wildman–Crippen MR) is 55.4 cm³/mol. The highest BCUT2D eigenvalue weighted by Crippen LogP contribution is 2.36. The van der Waals surface area contributed by atoms with Crippen molar-refractivity contribution in [1.82, 2.24) is 4.90 Å². The Morgan fingerprint density at radius 1 is 1.67 bits per heavy atom. The zero-order valence-corrected chi connectivity index (χ0v) is 8.86. The van der Waals surface area contributed by atoms with E-state index in [4.69, 9.17) is 21.4 Å². The van der Waals surface area contributed by atoms with E-state index in [1.54, 1.807) is 6.07 Å². The smallest absolute Gasteiger partial charge is 0.409 e. The molecule has 1 aromatic carbocycles. The summed E-state index contributed by atoms with van der Waals surface area (Å²) < 4.78 is 5.47. The molecule has 1 atom stereocenters. The Kier molecular flexibility index (Phi) is 2.44. The largest absolute Gasteiger partial charge is 0.468 e. The minimum absolute atomic E-state index is 0.475. The van der Waals surface area contributed by atoms with E-state index in [2.05, 4.69) is 0 Å². The third-order valence-electron chi connectivity index (χ3n) is 2.43. The van der Waals surface area contributed by atoms with Crippen molar-refractivity contribution in [3.63, 3.8) is 0 Å². The van der Waals surface area contributed by atoms with E-state index < -0.39 is 12.3 Å². The highest BCUT2D eigenvalue weighted by Gasteiger charge is 2.30. The normalized spacial score (nSPS) is 18.1. The first-order valence-electron chi connectivity index (χ1n) is 4.49. The number of amides is 1. The first-order valence-corrected chi connectivity index (χ1v) is 4.87. The number of halogens is 1. The Labute approximate surface area is 92.0 Å². The predicted octanol–water partition coefficient (Wildman–Crippen LogP) is 2.21. The second-order valence-corrected chi connectivity index (χ2v) is 3.81. The van der Waals surface area contributed by atoms with Gasteiger partial charge in [-0.05, 0) is 6.07 Å². The van der Waals surface area contributed by atoms with E-state index >= 15 is 0 Å². The molecule has 15 heavy (non-hydrogen) atoms. The van der Waals surface area contributed by atoms with Gasteiger partial charge in [-0.25, -0.2) is 4.79 Å². The van der Waals surface area contributed by atoms with Crippen LogP contribution >= 0.6 is 11.6 Å². The van der Waals surface area contributed by atoms with Crippen LogP contribution in [0.1, 0.15) is 5.56 Å². The van der Waals surface area contributed by atoms with E-state index in [0.717, 1.165) is 10.5 Å². The standard InChI is InChI=1S/C10H10ClNO3/c1-12(10(13)14)8-5-6-3-2-4-7(11)9(6)15-8/h2-4,8H,5H2,1H3,(H,13,14). The molecule has 0 bridgehead atoms. The van der Waals surface area contributed by atoms with Crippen LogP contribution in [0.3, 0.4) is 0 Å². The molecule has 1 unspecified atom stereocenters. The first kappa shape index (κ1) is 10.1. The fourth-order valence-electron chi connectivity index (χ4n) is 1.55. The van der Waals surface area contributed by atoms with Crippen LogP contribution in [0.5, 0.6) is 5.75 Å². The van der Waals surface area contributed by atoms with Gasteiger partial charge in [0.15, 0.2) is 6.23 Å². The maximum Gasteiger partial charge on any atom is 0.409 e. The second-order valence-electron chi connectivity index (χ2n) is 3.40. The third kappa shape index (κ3) is 1.72. The van der Waals surface area contributed by atoms with E-state index in [0.29, 0.717) is 17.2 Å². The van der Waals surface area contributed by atoms with Gasteiger partial charge in [0, 0.05) is 19.0 Å². The molecule has 1 aromatic rings. The van der Waals surface area contributed by atoms with Crippen molar-refractivity contribution in [2.75, 3.05) is 7.05 Å². The van der Waals surface area contributed by atoms with E-state index in [1.165, 1.54) is 7.05 Å². The van der Waals surface area contributed by atoms with Gasteiger partial charge < -0.3 is 9.84 Å². The van der Waals surface area contributed by atoms with Gasteiger partial charge in [0.05, 0.1) is 5.02 Å². The van der Waals surface area contributed by atoms with Gasteiger partial charge in [-0.15, -0.1) is 0 Å². The molecule has 1 aliphatic heterocycles. The fourth-order valence-corrected chi connectivity index (χ4v) is 1.79. The highest BCUT2D eigenvalue weighted by molar-refractivity contribution is 6.32. The van der Waals surface area contributed by atoms with Gasteiger partial charge in [-0.3, -0.25) is 4.90 Å². The first-order chi connectivity index (χ1) is 7.09. The summed E-state index contributed by atoms with van der Waals surface area (Å²) in [4.78, 5) is 11.9. The summed E-state index contributed by atoms with van der Waals surface area (Å²) in [6, 6.07) is 5.44. The van der Waals surface area contributed by atoms with Gasteiger partial charge in [0.25, 0.3) is 0 Å². The van der Waals surface area contributed by atoms with E-state index in [9.17, 15) is 4.79 Å². The van der Waals surface area contributed by atoms with Crippen molar-refractivity contribution in [1.29, 1.82) is 0 Å². The van der Waals surface area contributed by atoms with Crippen LogP contribution in [0, 0.1) is 0 Å². The summed E-state index contributed by atoms with van der Waals surface area (Å²) in [6.07, 6.45) is -0.945. The highest BCUT2D eigenvalue weighted by atomic mass is 35.5. The second kappa shape index (κ2) is 3.62. The number of para-hydroxylation sites is 1. The number of nitrogens with zero attached hydrogens (tertiary/aromatic N) is 1. The minimum atomic E-state index is -1.01. The monoisotopic (exact) mass is 227 g/mol. The Morgan fingerprint density at radius 2 is 2.40 bits per heavy atom. The van der Waals surface area contributed by atoms with Crippen molar-refractivity contribution >= 4 is 17.7 Å². The van der Waals surface area contributed by atoms with Crippen molar-refractivity contribution in [2.45, 2.75) is 12.6 Å². The van der Waals surface area contributed by atoms with Crippen molar-refractivity contribution < 1.29 is 14.6 Å². The Balaban J connectivity index is 2.23. The quantitative estimate of drug-likeness (QED) is 0.800. The number of hydrogen-bond acceptors (Lipinski definition) is 2. The number of likely N-dealkylation sites (N-methyl/N-ethyl adjacent to an activating group) is 1. The van der Waals surface area contributed by atoms with Crippen molar-refractivity contribution in [3.8, 4) is 5.75 Å². The third-order valence-corrected chi connectivity index (χ3v) is 2.73. The molecule has 2 rings (SSSR count). The molecule has 0 aliphatic carbocycles. The number of ether oxygens (including phenoxy) is 1. The van der Waals surface area contributed by atoms with Crippen LogP contribution < -0.4 is 4.74 Å². The Bertz CT molecular complexity index is 408. The molecule has 5 heteroatoms. The summed E-state index contributed by atoms with van der Waals surface area (Å²) in [7, 11) is 1.48. The van der Waals surface area contributed by atoms with Gasteiger partial charge in [-0.1, -0.05) is 23.7 Å². The minimum Gasteiger partial charge on any atom is -0.468 e. The van der Waals surface area contributed by atoms with Crippen LogP contribution in [0.4, 0.5) is 4.79 Å². The maximum absolute atomic E-state index is 10.7. The molecule has 0 fully saturated rings. The Hall–Kier alpha value is -1.42. The molecule has 1 N–H and O–H groups in total. The van der Waals surface area contributed by atoms with Crippen LogP contribution in [0.25, 0.3) is 0 Å². The number of benzene rings is 1. The number of fused-ring (bicyclic) bond motifs is 1. The van der Waals surface area contributed by atoms with Gasteiger partial charge in [0.2, 0.25) is 0 Å². The number of carbonyl (C=O) groups is 1. The molecular formula is C10H10ClNO3.